The molecule has 7 heteroatoms. The van der Waals surface area contributed by atoms with Crippen molar-refractivity contribution in [2.24, 2.45) is 0 Å². The minimum atomic E-state index is -3.46. The molecule has 0 saturated heterocycles. The van der Waals surface area contributed by atoms with Crippen LogP contribution in [0, 0.1) is 13.8 Å². The monoisotopic (exact) mass is 390 g/mol. The number of carbonyl (C=O) groups excluding carboxylic acids is 1. The number of ether oxygens (including phenoxy) is 1. The Morgan fingerprint density at radius 1 is 1.11 bits per heavy atom. The van der Waals surface area contributed by atoms with E-state index in [9.17, 15) is 13.2 Å². The van der Waals surface area contributed by atoms with Gasteiger partial charge in [-0.05, 0) is 48.7 Å². The molecule has 0 aromatic heterocycles. The standard InChI is InChI=1S/C20H26N2O4S/c1-15-5-6-16(2)19(13-15)22(27(4,24)25)14-17-7-9-18(10-8-17)20(23)21-11-12-26-3/h5-10,13H,11-12,14H2,1-4H3,(H,21,23). The van der Waals surface area contributed by atoms with Crippen LogP contribution in [0.2, 0.25) is 0 Å². The average molecular weight is 391 g/mol. The number of anilines is 1. The summed E-state index contributed by atoms with van der Waals surface area (Å²) < 4.78 is 31.0. The topological polar surface area (TPSA) is 75.7 Å². The molecule has 1 N–H and O–H groups in total. The second-order valence-electron chi connectivity index (χ2n) is 6.51. The largest absolute Gasteiger partial charge is 0.383 e. The van der Waals surface area contributed by atoms with Crippen LogP contribution in [-0.2, 0) is 21.3 Å². The normalized spacial score (nSPS) is 11.3. The number of aryl methyl sites for hydroxylation is 2. The van der Waals surface area contributed by atoms with Crippen molar-refractivity contribution in [3.8, 4) is 0 Å². The molecule has 27 heavy (non-hydrogen) atoms. The third kappa shape index (κ3) is 5.80. The van der Waals surface area contributed by atoms with Crippen molar-refractivity contribution in [3.63, 3.8) is 0 Å². The van der Waals surface area contributed by atoms with Gasteiger partial charge < -0.3 is 10.1 Å². The van der Waals surface area contributed by atoms with Gasteiger partial charge in [0.1, 0.15) is 0 Å². The number of hydrogen-bond donors (Lipinski definition) is 1. The molecule has 0 aliphatic heterocycles. The molecule has 0 spiro atoms. The van der Waals surface area contributed by atoms with Crippen LogP contribution in [0.1, 0.15) is 27.0 Å². The zero-order valence-corrected chi connectivity index (χ0v) is 17.0. The summed E-state index contributed by atoms with van der Waals surface area (Å²) in [6, 6.07) is 12.7. The molecule has 6 nitrogen and oxygen atoms in total. The van der Waals surface area contributed by atoms with Crippen molar-refractivity contribution in [1.29, 1.82) is 0 Å². The van der Waals surface area contributed by atoms with Gasteiger partial charge in [-0.3, -0.25) is 9.10 Å². The van der Waals surface area contributed by atoms with Crippen LogP contribution in [0.25, 0.3) is 0 Å². The fourth-order valence-corrected chi connectivity index (χ4v) is 3.60. The smallest absolute Gasteiger partial charge is 0.251 e. The summed E-state index contributed by atoms with van der Waals surface area (Å²) >= 11 is 0. The zero-order valence-electron chi connectivity index (χ0n) is 16.2. The quantitative estimate of drug-likeness (QED) is 0.703. The molecule has 2 aromatic rings. The zero-order chi connectivity index (χ0) is 20.0. The molecule has 2 aromatic carbocycles. The number of hydrogen-bond acceptors (Lipinski definition) is 4. The molecular weight excluding hydrogens is 364 g/mol. The first-order valence-corrected chi connectivity index (χ1v) is 10.5. The Morgan fingerprint density at radius 3 is 2.37 bits per heavy atom. The molecule has 0 aliphatic carbocycles. The second kappa shape index (κ2) is 9.01. The van der Waals surface area contributed by atoms with Crippen LogP contribution < -0.4 is 9.62 Å². The lowest BCUT2D eigenvalue weighted by Gasteiger charge is -2.25. The summed E-state index contributed by atoms with van der Waals surface area (Å²) in [5, 5.41) is 2.75. The van der Waals surface area contributed by atoms with Crippen LogP contribution in [0.15, 0.2) is 42.5 Å². The molecule has 0 aliphatic rings. The van der Waals surface area contributed by atoms with E-state index in [0.29, 0.717) is 24.4 Å². The van der Waals surface area contributed by atoms with Gasteiger partial charge in [0, 0.05) is 19.2 Å². The van der Waals surface area contributed by atoms with Gasteiger partial charge in [0.05, 0.1) is 25.1 Å². The van der Waals surface area contributed by atoms with E-state index in [1.54, 1.807) is 31.4 Å². The lowest BCUT2D eigenvalue weighted by Crippen LogP contribution is -2.30. The number of methoxy groups -OCH3 is 1. The van der Waals surface area contributed by atoms with E-state index in [4.69, 9.17) is 4.74 Å². The molecule has 0 heterocycles. The van der Waals surface area contributed by atoms with Crippen LogP contribution >= 0.6 is 0 Å². The molecule has 1 amide bonds. The van der Waals surface area contributed by atoms with Gasteiger partial charge in [-0.15, -0.1) is 0 Å². The molecule has 0 saturated carbocycles. The highest BCUT2D eigenvalue weighted by Crippen LogP contribution is 2.26. The molecule has 2 rings (SSSR count). The second-order valence-corrected chi connectivity index (χ2v) is 8.41. The Bertz CT molecular complexity index is 893. The van der Waals surface area contributed by atoms with Crippen molar-refractivity contribution >= 4 is 21.6 Å². The van der Waals surface area contributed by atoms with E-state index >= 15 is 0 Å². The molecule has 0 atom stereocenters. The maximum atomic E-state index is 12.4. The highest BCUT2D eigenvalue weighted by Gasteiger charge is 2.20. The van der Waals surface area contributed by atoms with E-state index in [0.717, 1.165) is 16.7 Å². The van der Waals surface area contributed by atoms with E-state index in [1.807, 2.05) is 32.0 Å². The summed E-state index contributed by atoms with van der Waals surface area (Å²) in [6.45, 7) is 4.91. The SMILES string of the molecule is COCCNC(=O)c1ccc(CN(c2cc(C)ccc2C)S(C)(=O)=O)cc1. The van der Waals surface area contributed by atoms with Gasteiger partial charge in [-0.1, -0.05) is 24.3 Å². The lowest BCUT2D eigenvalue weighted by molar-refractivity contribution is 0.0937. The summed E-state index contributed by atoms with van der Waals surface area (Å²) in [4.78, 5) is 12.0. The molecule has 146 valence electrons. The lowest BCUT2D eigenvalue weighted by atomic mass is 10.1. The third-order valence-corrected chi connectivity index (χ3v) is 5.29. The van der Waals surface area contributed by atoms with E-state index in [1.165, 1.54) is 10.6 Å². The predicted octanol–water partition coefficient (Wildman–Crippen LogP) is 2.65. The fraction of sp³-hybridized carbons (Fsp3) is 0.350. The van der Waals surface area contributed by atoms with Crippen LogP contribution in [0.3, 0.4) is 0 Å². The highest BCUT2D eigenvalue weighted by atomic mass is 32.2. The van der Waals surface area contributed by atoms with Gasteiger partial charge in [-0.2, -0.15) is 0 Å². The first-order valence-electron chi connectivity index (χ1n) is 8.63. The van der Waals surface area contributed by atoms with Gasteiger partial charge in [0.15, 0.2) is 0 Å². The average Bonchev–Trinajstić information content (AvgIpc) is 2.61. The number of nitrogens with one attached hydrogen (secondary N) is 1. The first kappa shape index (κ1) is 20.9. The number of sulfonamides is 1. The fourth-order valence-electron chi connectivity index (χ4n) is 2.67. The molecular formula is C20H26N2O4S. The van der Waals surface area contributed by atoms with Crippen molar-refractivity contribution in [2.75, 3.05) is 30.8 Å². The first-order chi connectivity index (χ1) is 12.7. The highest BCUT2D eigenvalue weighted by molar-refractivity contribution is 7.92. The Hall–Kier alpha value is -2.38. The summed E-state index contributed by atoms with van der Waals surface area (Å²) in [5.41, 5.74) is 3.87. The Morgan fingerprint density at radius 2 is 1.78 bits per heavy atom. The summed E-state index contributed by atoms with van der Waals surface area (Å²) in [7, 11) is -1.88. The van der Waals surface area contributed by atoms with E-state index < -0.39 is 10.0 Å². The van der Waals surface area contributed by atoms with E-state index in [-0.39, 0.29) is 12.5 Å². The van der Waals surface area contributed by atoms with Crippen LogP contribution in [0.4, 0.5) is 5.69 Å². The summed E-state index contributed by atoms with van der Waals surface area (Å²) in [5.74, 6) is -0.187. The van der Waals surface area contributed by atoms with Crippen molar-refractivity contribution in [2.45, 2.75) is 20.4 Å². The van der Waals surface area contributed by atoms with Gasteiger partial charge in [0.2, 0.25) is 10.0 Å². The Labute approximate surface area is 161 Å². The maximum Gasteiger partial charge on any atom is 0.251 e. The number of rotatable bonds is 8. The third-order valence-electron chi connectivity index (χ3n) is 4.17. The van der Waals surface area contributed by atoms with Gasteiger partial charge >= 0.3 is 0 Å². The van der Waals surface area contributed by atoms with Crippen molar-refractivity contribution in [1.82, 2.24) is 5.32 Å². The molecule has 0 bridgehead atoms. The predicted molar refractivity (Wildman–Crippen MR) is 108 cm³/mol. The van der Waals surface area contributed by atoms with Crippen LogP contribution in [-0.4, -0.2) is 40.8 Å². The molecule has 0 fully saturated rings. The maximum absolute atomic E-state index is 12.4. The number of amides is 1. The molecule has 0 unspecified atom stereocenters. The van der Waals surface area contributed by atoms with Gasteiger partial charge in [0.25, 0.3) is 5.91 Å². The Kier molecular flexibility index (Phi) is 6.98. The summed E-state index contributed by atoms with van der Waals surface area (Å²) in [6.07, 6.45) is 1.20. The number of carbonyl (C=O) groups is 1. The van der Waals surface area contributed by atoms with Crippen molar-refractivity contribution in [3.05, 3.63) is 64.7 Å². The minimum absolute atomic E-state index is 0.187. The molecule has 0 radical (unpaired) electrons. The van der Waals surface area contributed by atoms with Crippen LogP contribution in [0.5, 0.6) is 0 Å². The number of benzene rings is 2. The minimum Gasteiger partial charge on any atom is -0.383 e. The van der Waals surface area contributed by atoms with Gasteiger partial charge in [-0.25, -0.2) is 8.42 Å². The number of nitrogens with zero attached hydrogens (tertiary/aromatic N) is 1. The van der Waals surface area contributed by atoms with Crippen molar-refractivity contribution < 1.29 is 17.9 Å². The van der Waals surface area contributed by atoms with E-state index in [2.05, 4.69) is 5.32 Å². The Balaban J connectivity index is 2.21.